The SMILES string of the molecule is C=NC(=C\Sc1ccc(OC)nc1)/C(=C(\C)N=C)N1CN=CC=C1c1cccnc1. The molecule has 3 heterocycles. The van der Waals surface area contributed by atoms with Crippen LogP contribution in [0.3, 0.4) is 0 Å². The first-order valence-electron chi connectivity index (χ1n) is 9.07. The maximum absolute atomic E-state index is 5.11. The lowest BCUT2D eigenvalue weighted by molar-refractivity contribution is 0.397. The average Bonchev–Trinajstić information content (AvgIpc) is 2.82. The predicted molar refractivity (Wildman–Crippen MR) is 124 cm³/mol. The fourth-order valence-corrected chi connectivity index (χ4v) is 3.51. The van der Waals surface area contributed by atoms with Gasteiger partial charge in [-0.3, -0.25) is 20.0 Å². The van der Waals surface area contributed by atoms with Crippen LogP contribution in [0.15, 0.2) is 91.3 Å². The van der Waals surface area contributed by atoms with Crippen LogP contribution in [0.1, 0.15) is 12.5 Å². The Morgan fingerprint density at radius 2 is 2.10 bits per heavy atom. The van der Waals surface area contributed by atoms with Crippen molar-refractivity contribution in [1.82, 2.24) is 14.9 Å². The van der Waals surface area contributed by atoms with E-state index in [1.165, 1.54) is 11.8 Å². The molecule has 0 amide bonds. The summed E-state index contributed by atoms with van der Waals surface area (Å²) < 4.78 is 5.11. The third-order valence-corrected chi connectivity index (χ3v) is 5.15. The van der Waals surface area contributed by atoms with Crippen LogP contribution in [0.25, 0.3) is 5.70 Å². The number of ether oxygens (including phenoxy) is 1. The Hall–Kier alpha value is -3.52. The molecule has 0 saturated carbocycles. The van der Waals surface area contributed by atoms with Gasteiger partial charge in [0, 0.05) is 46.7 Å². The second-order valence-electron chi connectivity index (χ2n) is 6.10. The van der Waals surface area contributed by atoms with E-state index >= 15 is 0 Å². The summed E-state index contributed by atoms with van der Waals surface area (Å²) in [6.07, 6.45) is 9.03. The number of pyridine rings is 2. The molecule has 152 valence electrons. The van der Waals surface area contributed by atoms with Crippen LogP contribution in [0, 0.1) is 0 Å². The number of methoxy groups -OCH3 is 1. The largest absolute Gasteiger partial charge is 0.481 e. The summed E-state index contributed by atoms with van der Waals surface area (Å²) in [5.74, 6) is 0.565. The molecule has 3 rings (SSSR count). The molecule has 0 atom stereocenters. The van der Waals surface area contributed by atoms with Gasteiger partial charge in [0.25, 0.3) is 0 Å². The zero-order chi connectivity index (χ0) is 21.3. The zero-order valence-corrected chi connectivity index (χ0v) is 17.7. The lowest BCUT2D eigenvalue weighted by Crippen LogP contribution is -2.26. The van der Waals surface area contributed by atoms with Gasteiger partial charge in [-0.15, -0.1) is 0 Å². The summed E-state index contributed by atoms with van der Waals surface area (Å²) in [6.45, 7) is 9.78. The number of thioether (sulfide) groups is 1. The van der Waals surface area contributed by atoms with E-state index in [2.05, 4.69) is 38.4 Å². The first kappa shape index (κ1) is 21.2. The van der Waals surface area contributed by atoms with Gasteiger partial charge in [0.15, 0.2) is 0 Å². The van der Waals surface area contributed by atoms with Gasteiger partial charge in [0.05, 0.1) is 29.9 Å². The first-order chi connectivity index (χ1) is 14.7. The average molecular weight is 419 g/mol. The number of aromatic nitrogens is 2. The van der Waals surface area contributed by atoms with E-state index in [4.69, 9.17) is 4.74 Å². The van der Waals surface area contributed by atoms with Crippen LogP contribution in [-0.4, -0.2) is 48.3 Å². The Bertz CT molecular complexity index is 1030. The van der Waals surface area contributed by atoms with Gasteiger partial charge in [-0.05, 0) is 44.6 Å². The Kier molecular flexibility index (Phi) is 7.29. The molecule has 30 heavy (non-hydrogen) atoms. The molecule has 0 aliphatic carbocycles. The van der Waals surface area contributed by atoms with Crippen molar-refractivity contribution >= 4 is 37.1 Å². The minimum absolute atomic E-state index is 0.421. The van der Waals surface area contributed by atoms with Crippen LogP contribution in [0.5, 0.6) is 5.88 Å². The highest BCUT2D eigenvalue weighted by atomic mass is 32.2. The summed E-state index contributed by atoms with van der Waals surface area (Å²) in [5.41, 5.74) is 4.07. The highest BCUT2D eigenvalue weighted by Gasteiger charge is 2.22. The molecule has 2 aromatic heterocycles. The molecule has 0 bridgehead atoms. The molecular weight excluding hydrogens is 396 g/mol. The van der Waals surface area contributed by atoms with Crippen molar-refractivity contribution in [2.24, 2.45) is 15.0 Å². The van der Waals surface area contributed by atoms with Crippen LogP contribution in [0.4, 0.5) is 0 Å². The van der Waals surface area contributed by atoms with Gasteiger partial charge in [-0.2, -0.15) is 0 Å². The number of aliphatic imine (C=N–C) groups is 3. The molecule has 8 heteroatoms. The van der Waals surface area contributed by atoms with E-state index in [9.17, 15) is 0 Å². The summed E-state index contributed by atoms with van der Waals surface area (Å²) in [5, 5.41) is 1.92. The van der Waals surface area contributed by atoms with Gasteiger partial charge in [0.1, 0.15) is 6.67 Å². The maximum atomic E-state index is 5.11. The molecule has 0 spiro atoms. The van der Waals surface area contributed by atoms with Crippen LogP contribution in [-0.2, 0) is 0 Å². The second-order valence-corrected chi connectivity index (χ2v) is 7.04. The van der Waals surface area contributed by atoms with E-state index in [-0.39, 0.29) is 0 Å². The smallest absolute Gasteiger partial charge is 0.212 e. The Morgan fingerprint density at radius 3 is 2.73 bits per heavy atom. The van der Waals surface area contributed by atoms with Gasteiger partial charge in [-0.25, -0.2) is 4.98 Å². The molecule has 0 N–H and O–H groups in total. The second kappa shape index (κ2) is 10.3. The summed E-state index contributed by atoms with van der Waals surface area (Å²) in [6, 6.07) is 7.65. The van der Waals surface area contributed by atoms with E-state index in [0.717, 1.165) is 21.9 Å². The fraction of sp³-hybridized carbons (Fsp3) is 0.136. The van der Waals surface area contributed by atoms with Crippen molar-refractivity contribution in [3.8, 4) is 5.88 Å². The molecule has 1 aliphatic heterocycles. The lowest BCUT2D eigenvalue weighted by Gasteiger charge is -2.31. The first-order valence-corrected chi connectivity index (χ1v) is 9.95. The number of allylic oxidation sites excluding steroid dienone is 2. The molecule has 7 nitrogen and oxygen atoms in total. The van der Waals surface area contributed by atoms with Crippen molar-refractivity contribution < 1.29 is 4.74 Å². The fourth-order valence-electron chi connectivity index (χ4n) is 2.82. The lowest BCUT2D eigenvalue weighted by atomic mass is 10.1. The summed E-state index contributed by atoms with van der Waals surface area (Å²) >= 11 is 1.48. The molecule has 0 aromatic carbocycles. The molecule has 0 saturated heterocycles. The van der Waals surface area contributed by atoms with Gasteiger partial charge < -0.3 is 9.64 Å². The summed E-state index contributed by atoms with van der Waals surface area (Å²) in [7, 11) is 1.59. The molecule has 1 aliphatic rings. The number of hydrogen-bond donors (Lipinski definition) is 0. The highest BCUT2D eigenvalue weighted by Crippen LogP contribution is 2.33. The molecule has 0 fully saturated rings. The van der Waals surface area contributed by atoms with Crippen molar-refractivity contribution in [1.29, 1.82) is 0 Å². The van der Waals surface area contributed by atoms with Crippen molar-refractivity contribution in [3.63, 3.8) is 0 Å². The third-order valence-electron chi connectivity index (χ3n) is 4.30. The number of hydrogen-bond acceptors (Lipinski definition) is 8. The minimum Gasteiger partial charge on any atom is -0.481 e. The topological polar surface area (TPSA) is 75.3 Å². The molecular formula is C22H22N6OS. The third kappa shape index (κ3) is 4.90. The monoisotopic (exact) mass is 418 g/mol. The number of nitrogens with zero attached hydrogens (tertiary/aromatic N) is 6. The van der Waals surface area contributed by atoms with E-state index in [0.29, 0.717) is 23.9 Å². The van der Waals surface area contributed by atoms with E-state index in [1.54, 1.807) is 25.7 Å². The van der Waals surface area contributed by atoms with Gasteiger partial charge >= 0.3 is 0 Å². The molecule has 0 unspecified atom stereocenters. The van der Waals surface area contributed by atoms with Crippen molar-refractivity contribution in [2.75, 3.05) is 13.8 Å². The van der Waals surface area contributed by atoms with Gasteiger partial charge in [0.2, 0.25) is 5.88 Å². The van der Waals surface area contributed by atoms with Crippen LogP contribution < -0.4 is 4.74 Å². The molecule has 0 radical (unpaired) electrons. The normalized spacial score (nSPS) is 14.7. The van der Waals surface area contributed by atoms with Crippen LogP contribution >= 0.6 is 11.8 Å². The summed E-state index contributed by atoms with van der Waals surface area (Å²) in [4.78, 5) is 24.3. The van der Waals surface area contributed by atoms with E-state index < -0.39 is 0 Å². The number of rotatable bonds is 8. The van der Waals surface area contributed by atoms with E-state index in [1.807, 2.05) is 53.8 Å². The predicted octanol–water partition coefficient (Wildman–Crippen LogP) is 4.44. The molecule has 2 aromatic rings. The van der Waals surface area contributed by atoms with Crippen molar-refractivity contribution in [3.05, 3.63) is 77.0 Å². The Balaban J connectivity index is 1.97. The van der Waals surface area contributed by atoms with Crippen molar-refractivity contribution in [2.45, 2.75) is 11.8 Å². The maximum Gasteiger partial charge on any atom is 0.212 e. The van der Waals surface area contributed by atoms with Crippen LogP contribution in [0.2, 0.25) is 0 Å². The standard InChI is InChI=1S/C22H22N6OS/c1-16(23-2)22(19(24-3)14-30-18-7-8-21(29-4)27-13-18)28-15-26-11-9-20(28)17-6-5-10-25-12-17/h5-14H,2-3,15H2,1,4H3/b19-14-,22-16-. The van der Waals surface area contributed by atoms with Gasteiger partial charge in [-0.1, -0.05) is 11.8 Å². The quantitative estimate of drug-likeness (QED) is 0.360. The zero-order valence-electron chi connectivity index (χ0n) is 16.9. The highest BCUT2D eigenvalue weighted by molar-refractivity contribution is 8.02. The minimum atomic E-state index is 0.421. The Morgan fingerprint density at radius 1 is 1.23 bits per heavy atom. The Labute approximate surface area is 180 Å².